The van der Waals surface area contributed by atoms with Gasteiger partial charge in [-0.3, -0.25) is 0 Å². The predicted molar refractivity (Wildman–Crippen MR) is 79.5 cm³/mol. The van der Waals surface area contributed by atoms with Crippen molar-refractivity contribution in [1.82, 2.24) is 5.32 Å². The number of furan rings is 1. The lowest BCUT2D eigenvalue weighted by molar-refractivity contribution is -0.0941. The lowest BCUT2D eigenvalue weighted by atomic mass is 9.85. The molecular weight excluding hydrogens is 270 g/mol. The van der Waals surface area contributed by atoms with E-state index in [1.165, 1.54) is 6.07 Å². The molecule has 2 rings (SSSR count). The first-order valence-electron chi connectivity index (χ1n) is 7.72. The van der Waals surface area contributed by atoms with Crippen LogP contribution in [0.3, 0.4) is 0 Å². The van der Waals surface area contributed by atoms with E-state index in [0.29, 0.717) is 11.8 Å². The van der Waals surface area contributed by atoms with Gasteiger partial charge in [-0.2, -0.15) is 0 Å². The molecule has 2 heterocycles. The molecule has 118 valence electrons. The van der Waals surface area contributed by atoms with Gasteiger partial charge in [-0.05, 0) is 44.7 Å². The number of carboxylic acids is 1. The van der Waals surface area contributed by atoms with E-state index in [0.717, 1.165) is 32.3 Å². The molecule has 0 amide bonds. The summed E-state index contributed by atoms with van der Waals surface area (Å²) in [6, 6.07) is 3.59. The highest BCUT2D eigenvalue weighted by atomic mass is 16.5. The minimum Gasteiger partial charge on any atom is -0.475 e. The summed E-state index contributed by atoms with van der Waals surface area (Å²) < 4.78 is 11.3. The van der Waals surface area contributed by atoms with Crippen molar-refractivity contribution in [3.05, 3.63) is 23.7 Å². The monoisotopic (exact) mass is 295 g/mol. The number of aromatic carboxylic acids is 1. The van der Waals surface area contributed by atoms with Crippen LogP contribution in [0.15, 0.2) is 16.5 Å². The molecule has 0 radical (unpaired) electrons. The summed E-state index contributed by atoms with van der Waals surface area (Å²) in [7, 11) is 0. The van der Waals surface area contributed by atoms with Crippen LogP contribution in [-0.4, -0.2) is 29.3 Å². The zero-order valence-electron chi connectivity index (χ0n) is 13.0. The minimum absolute atomic E-state index is 0.00684. The zero-order valence-corrected chi connectivity index (χ0v) is 13.0. The molecule has 1 fully saturated rings. The van der Waals surface area contributed by atoms with Crippen LogP contribution in [0, 0.1) is 0 Å². The largest absolute Gasteiger partial charge is 0.475 e. The minimum atomic E-state index is -1.03. The molecule has 1 aromatic heterocycles. The number of nitrogens with one attached hydrogen (secondary N) is 1. The molecule has 21 heavy (non-hydrogen) atoms. The molecule has 0 aromatic carbocycles. The standard InChI is InChI=1S/C16H25NO4/c1-4-16(5-2)10-12(8-9-20-16)17-11(3)13-6-7-14(21-13)15(18)19/h6-7,11-12,17H,4-5,8-10H2,1-3H3,(H,18,19). The molecule has 5 nitrogen and oxygen atoms in total. The first-order chi connectivity index (χ1) is 9.99. The van der Waals surface area contributed by atoms with Gasteiger partial charge in [0.15, 0.2) is 0 Å². The quantitative estimate of drug-likeness (QED) is 0.842. The zero-order chi connectivity index (χ0) is 15.5. The van der Waals surface area contributed by atoms with Crippen molar-refractivity contribution >= 4 is 5.97 Å². The molecule has 1 saturated heterocycles. The van der Waals surface area contributed by atoms with Crippen molar-refractivity contribution in [1.29, 1.82) is 0 Å². The van der Waals surface area contributed by atoms with Gasteiger partial charge in [0.1, 0.15) is 5.76 Å². The van der Waals surface area contributed by atoms with Gasteiger partial charge in [0.25, 0.3) is 0 Å². The van der Waals surface area contributed by atoms with E-state index in [4.69, 9.17) is 14.3 Å². The van der Waals surface area contributed by atoms with E-state index in [9.17, 15) is 4.79 Å². The van der Waals surface area contributed by atoms with E-state index in [1.807, 2.05) is 6.92 Å². The molecule has 2 N–H and O–H groups in total. The molecule has 1 aliphatic rings. The Kier molecular flexibility index (Phi) is 5.06. The Balaban J connectivity index is 1.98. The molecule has 2 atom stereocenters. The summed E-state index contributed by atoms with van der Waals surface area (Å²) in [5, 5.41) is 12.4. The number of carboxylic acid groups (broad SMARTS) is 1. The Bertz CT molecular complexity index is 478. The van der Waals surface area contributed by atoms with Crippen LogP contribution in [0.5, 0.6) is 0 Å². The maximum atomic E-state index is 10.9. The van der Waals surface area contributed by atoms with Crippen LogP contribution in [0.1, 0.15) is 68.8 Å². The highest BCUT2D eigenvalue weighted by Gasteiger charge is 2.35. The van der Waals surface area contributed by atoms with E-state index < -0.39 is 5.97 Å². The van der Waals surface area contributed by atoms with E-state index in [1.54, 1.807) is 6.07 Å². The van der Waals surface area contributed by atoms with Gasteiger partial charge in [0, 0.05) is 12.6 Å². The topological polar surface area (TPSA) is 71.7 Å². The lowest BCUT2D eigenvalue weighted by Crippen LogP contribution is -2.47. The Hall–Kier alpha value is -1.33. The third kappa shape index (κ3) is 3.66. The fourth-order valence-electron chi connectivity index (χ4n) is 3.05. The highest BCUT2D eigenvalue weighted by Crippen LogP contribution is 2.32. The van der Waals surface area contributed by atoms with Crippen molar-refractivity contribution in [3.8, 4) is 0 Å². The van der Waals surface area contributed by atoms with Crippen molar-refractivity contribution in [2.75, 3.05) is 6.61 Å². The second kappa shape index (κ2) is 6.62. The van der Waals surface area contributed by atoms with Crippen LogP contribution >= 0.6 is 0 Å². The number of hydrogen-bond donors (Lipinski definition) is 2. The summed E-state index contributed by atoms with van der Waals surface area (Å²) in [5.74, 6) is -0.380. The molecule has 0 aliphatic carbocycles. The van der Waals surface area contributed by atoms with Gasteiger partial charge < -0.3 is 19.6 Å². The van der Waals surface area contributed by atoms with Crippen LogP contribution in [0.2, 0.25) is 0 Å². The van der Waals surface area contributed by atoms with Crippen LogP contribution in [0.4, 0.5) is 0 Å². The maximum Gasteiger partial charge on any atom is 0.371 e. The van der Waals surface area contributed by atoms with Gasteiger partial charge in [0.2, 0.25) is 5.76 Å². The molecule has 2 unspecified atom stereocenters. The molecule has 0 bridgehead atoms. The number of rotatable bonds is 6. The SMILES string of the molecule is CCC1(CC)CC(NC(C)c2ccc(C(=O)O)o2)CCO1. The van der Waals surface area contributed by atoms with Crippen molar-refractivity contribution in [2.45, 2.75) is 64.1 Å². The van der Waals surface area contributed by atoms with Crippen molar-refractivity contribution in [2.24, 2.45) is 0 Å². The van der Waals surface area contributed by atoms with Gasteiger partial charge in [-0.15, -0.1) is 0 Å². The molecular formula is C16H25NO4. The number of carbonyl (C=O) groups is 1. The summed E-state index contributed by atoms with van der Waals surface area (Å²) in [5.41, 5.74) is -0.0228. The average molecular weight is 295 g/mol. The third-order valence-electron chi connectivity index (χ3n) is 4.53. The summed E-state index contributed by atoms with van der Waals surface area (Å²) in [6.07, 6.45) is 3.98. The van der Waals surface area contributed by atoms with Crippen LogP contribution in [-0.2, 0) is 4.74 Å². The van der Waals surface area contributed by atoms with Crippen LogP contribution < -0.4 is 5.32 Å². The summed E-state index contributed by atoms with van der Waals surface area (Å²) >= 11 is 0. The molecule has 1 aliphatic heterocycles. The van der Waals surface area contributed by atoms with E-state index >= 15 is 0 Å². The highest BCUT2D eigenvalue weighted by molar-refractivity contribution is 5.84. The smallest absolute Gasteiger partial charge is 0.371 e. The summed E-state index contributed by atoms with van der Waals surface area (Å²) in [6.45, 7) is 7.10. The van der Waals surface area contributed by atoms with E-state index in [-0.39, 0.29) is 17.4 Å². The molecule has 1 aromatic rings. The molecule has 0 spiro atoms. The molecule has 5 heteroatoms. The fourth-order valence-corrected chi connectivity index (χ4v) is 3.05. The van der Waals surface area contributed by atoms with Gasteiger partial charge in [-0.25, -0.2) is 4.79 Å². The summed E-state index contributed by atoms with van der Waals surface area (Å²) in [4.78, 5) is 10.9. The Morgan fingerprint density at radius 2 is 2.19 bits per heavy atom. The average Bonchev–Trinajstić information content (AvgIpc) is 2.97. The van der Waals surface area contributed by atoms with Gasteiger partial charge in [-0.1, -0.05) is 13.8 Å². The fraction of sp³-hybridized carbons (Fsp3) is 0.688. The van der Waals surface area contributed by atoms with Crippen molar-refractivity contribution < 1.29 is 19.1 Å². The Morgan fingerprint density at radius 1 is 1.48 bits per heavy atom. The second-order valence-electron chi connectivity index (χ2n) is 5.82. The van der Waals surface area contributed by atoms with Gasteiger partial charge >= 0.3 is 5.97 Å². The van der Waals surface area contributed by atoms with E-state index in [2.05, 4.69) is 19.2 Å². The molecule has 0 saturated carbocycles. The Morgan fingerprint density at radius 3 is 2.76 bits per heavy atom. The predicted octanol–water partition coefficient (Wildman–Crippen LogP) is 3.37. The van der Waals surface area contributed by atoms with Crippen molar-refractivity contribution in [3.63, 3.8) is 0 Å². The Labute approximate surface area is 125 Å². The first kappa shape index (κ1) is 16.0. The maximum absolute atomic E-state index is 10.9. The second-order valence-corrected chi connectivity index (χ2v) is 5.82. The van der Waals surface area contributed by atoms with Crippen LogP contribution in [0.25, 0.3) is 0 Å². The normalized spacial score (nSPS) is 22.9. The lowest BCUT2D eigenvalue weighted by Gasteiger charge is -2.41. The number of ether oxygens (including phenoxy) is 1. The third-order valence-corrected chi connectivity index (χ3v) is 4.53. The number of hydrogen-bond acceptors (Lipinski definition) is 4. The first-order valence-corrected chi connectivity index (χ1v) is 7.72. The van der Waals surface area contributed by atoms with Gasteiger partial charge in [0.05, 0.1) is 11.6 Å².